The molecule has 3 N–H and O–H groups in total. The molecule has 0 saturated carbocycles. The lowest BCUT2D eigenvalue weighted by molar-refractivity contribution is -0.164. The Bertz CT molecular complexity index is 1410. The molecule has 0 radical (unpaired) electrons. The van der Waals surface area contributed by atoms with Crippen LogP contribution in [0.4, 0.5) is 0 Å². The first-order valence-electron chi connectivity index (χ1n) is 15.6. The third-order valence-corrected chi connectivity index (χ3v) is 10.4. The quantitative estimate of drug-likeness (QED) is 0.0687. The minimum atomic E-state index is -1.56. The van der Waals surface area contributed by atoms with E-state index in [0.717, 1.165) is 29.7 Å². The van der Waals surface area contributed by atoms with Gasteiger partial charge in [-0.05, 0) is 38.7 Å². The van der Waals surface area contributed by atoms with Crippen LogP contribution < -0.4 is 16.0 Å². The maximum Gasteiger partial charge on any atom is 0.306 e. The van der Waals surface area contributed by atoms with Gasteiger partial charge in [-0.25, -0.2) is 4.98 Å². The number of carbonyl (C=O) groups is 6. The van der Waals surface area contributed by atoms with E-state index in [1.54, 1.807) is 31.2 Å². The molecule has 270 valence electrons. The molecule has 0 spiro atoms. The zero-order valence-corrected chi connectivity index (χ0v) is 32.2. The van der Waals surface area contributed by atoms with Gasteiger partial charge in [-0.3, -0.25) is 28.8 Å². The Hall–Kier alpha value is -2.93. The van der Waals surface area contributed by atoms with E-state index >= 15 is 0 Å². The first-order chi connectivity index (χ1) is 23.3. The van der Waals surface area contributed by atoms with Crippen LogP contribution in [0, 0.1) is 6.92 Å². The standard InChI is InChI=1S/C33H45IN4O9S2/c1-21-35-17-27(49-21)32(44)38-26(19-46-5)31(43)37-25(18-45-4)30(42)36-24(16-23-12-8-6-9-13-23)29(41)33(3,20-34)47-28(40)14-10-7-11-15-48-22(2)39/h6,8-9,12-13,17,24-26H,7,10-11,14-16,18-20H2,1-5H3,(H,36,42)(H,37,43)(H,38,44)/t24-,25-,26-,33+/m0/s1. The van der Waals surface area contributed by atoms with E-state index < -0.39 is 53.2 Å². The number of ether oxygens (including phenoxy) is 3. The zero-order chi connectivity index (χ0) is 36.4. The molecule has 0 bridgehead atoms. The third-order valence-electron chi connectivity index (χ3n) is 7.13. The fraction of sp³-hybridized carbons (Fsp3) is 0.545. The van der Waals surface area contributed by atoms with Crippen LogP contribution in [0.2, 0.25) is 0 Å². The Morgan fingerprint density at radius 1 is 0.918 bits per heavy atom. The smallest absolute Gasteiger partial charge is 0.306 e. The molecule has 49 heavy (non-hydrogen) atoms. The van der Waals surface area contributed by atoms with Gasteiger partial charge in [-0.1, -0.05) is 71.1 Å². The molecule has 3 amide bonds. The average Bonchev–Trinajstić information content (AvgIpc) is 3.51. The lowest BCUT2D eigenvalue weighted by Crippen LogP contribution is -2.60. The molecule has 0 aliphatic heterocycles. The van der Waals surface area contributed by atoms with Crippen molar-refractivity contribution >= 4 is 80.3 Å². The zero-order valence-electron chi connectivity index (χ0n) is 28.4. The number of thioether (sulfide) groups is 1. The average molecular weight is 833 g/mol. The molecular weight excluding hydrogens is 787 g/mol. The summed E-state index contributed by atoms with van der Waals surface area (Å²) in [5, 5.41) is 8.68. The molecule has 0 aliphatic rings. The van der Waals surface area contributed by atoms with Gasteiger partial charge >= 0.3 is 5.97 Å². The van der Waals surface area contributed by atoms with Crippen LogP contribution in [0.15, 0.2) is 36.5 Å². The molecule has 0 unspecified atom stereocenters. The number of benzene rings is 1. The van der Waals surface area contributed by atoms with E-state index in [4.69, 9.17) is 14.2 Å². The van der Waals surface area contributed by atoms with E-state index in [-0.39, 0.29) is 35.6 Å². The second-order valence-electron chi connectivity index (χ2n) is 11.3. The number of hydrogen-bond acceptors (Lipinski definition) is 12. The summed E-state index contributed by atoms with van der Waals surface area (Å²) in [5.41, 5.74) is -0.808. The minimum Gasteiger partial charge on any atom is -0.450 e. The summed E-state index contributed by atoms with van der Waals surface area (Å²) in [7, 11) is 2.73. The fourth-order valence-corrected chi connectivity index (χ4v) is 6.43. The van der Waals surface area contributed by atoms with Crippen molar-refractivity contribution in [2.24, 2.45) is 0 Å². The van der Waals surface area contributed by atoms with E-state index in [1.807, 2.05) is 28.7 Å². The van der Waals surface area contributed by atoms with Gasteiger partial charge in [0.2, 0.25) is 11.8 Å². The number of methoxy groups -OCH3 is 2. The Balaban J connectivity index is 2.19. The van der Waals surface area contributed by atoms with E-state index in [0.29, 0.717) is 22.1 Å². The normalized spacial score (nSPS) is 14.1. The molecule has 2 aromatic rings. The summed E-state index contributed by atoms with van der Waals surface area (Å²) < 4.78 is 16.2. The largest absolute Gasteiger partial charge is 0.450 e. The SMILES string of the molecule is COC[C@H](NC(=O)c1cnc(C)s1)C(=O)N[C@@H](COC)C(=O)N[C@@H](Cc1ccccc1)C(=O)[C@@](C)(CI)OC(=O)CCCCCSC(C)=O. The van der Waals surface area contributed by atoms with Crippen molar-refractivity contribution in [2.75, 3.05) is 37.6 Å². The molecule has 2 rings (SSSR count). The van der Waals surface area contributed by atoms with Gasteiger partial charge in [0.05, 0.1) is 30.5 Å². The summed E-state index contributed by atoms with van der Waals surface area (Å²) in [5.74, 6) is -2.32. The highest BCUT2D eigenvalue weighted by Crippen LogP contribution is 2.22. The summed E-state index contributed by atoms with van der Waals surface area (Å²) in [4.78, 5) is 82.1. The number of esters is 1. The number of hydrogen-bond donors (Lipinski definition) is 3. The number of nitrogens with zero attached hydrogens (tertiary/aromatic N) is 1. The Labute approximate surface area is 308 Å². The number of aryl methyl sites for hydroxylation is 1. The van der Waals surface area contributed by atoms with Crippen molar-refractivity contribution in [1.29, 1.82) is 0 Å². The molecular formula is C33H45IN4O9S2. The monoisotopic (exact) mass is 832 g/mol. The molecule has 0 fully saturated rings. The lowest BCUT2D eigenvalue weighted by atomic mass is 9.91. The number of aromatic nitrogens is 1. The number of nitrogens with one attached hydrogen (secondary N) is 3. The first kappa shape index (κ1) is 42.2. The van der Waals surface area contributed by atoms with Crippen molar-refractivity contribution in [3.8, 4) is 0 Å². The van der Waals surface area contributed by atoms with Gasteiger partial charge in [0.1, 0.15) is 17.0 Å². The van der Waals surface area contributed by atoms with Crippen molar-refractivity contribution in [3.63, 3.8) is 0 Å². The minimum absolute atomic E-state index is 0.0467. The van der Waals surface area contributed by atoms with Gasteiger partial charge in [0.25, 0.3) is 5.91 Å². The van der Waals surface area contributed by atoms with Crippen molar-refractivity contribution in [3.05, 3.63) is 52.0 Å². The van der Waals surface area contributed by atoms with Gasteiger partial charge in [-0.2, -0.15) is 0 Å². The van der Waals surface area contributed by atoms with Crippen molar-refractivity contribution in [2.45, 2.75) is 76.6 Å². The molecule has 1 aromatic carbocycles. The number of ketones is 1. The van der Waals surface area contributed by atoms with Crippen LogP contribution >= 0.6 is 45.7 Å². The predicted octanol–water partition coefficient (Wildman–Crippen LogP) is 3.20. The Morgan fingerprint density at radius 3 is 2.08 bits per heavy atom. The fourth-order valence-electron chi connectivity index (χ4n) is 4.58. The highest BCUT2D eigenvalue weighted by Gasteiger charge is 2.42. The van der Waals surface area contributed by atoms with E-state index in [2.05, 4.69) is 20.9 Å². The van der Waals surface area contributed by atoms with Crippen LogP contribution in [0.3, 0.4) is 0 Å². The van der Waals surface area contributed by atoms with Crippen molar-refractivity contribution in [1.82, 2.24) is 20.9 Å². The summed E-state index contributed by atoms with van der Waals surface area (Å²) in [6.45, 7) is 4.36. The second kappa shape index (κ2) is 22.0. The summed E-state index contributed by atoms with van der Waals surface area (Å²) >= 11 is 4.38. The molecule has 0 aliphatic carbocycles. The van der Waals surface area contributed by atoms with E-state index in [1.165, 1.54) is 46.0 Å². The van der Waals surface area contributed by atoms with Crippen LogP contribution in [0.5, 0.6) is 0 Å². The van der Waals surface area contributed by atoms with Gasteiger partial charge < -0.3 is 30.2 Å². The van der Waals surface area contributed by atoms with Crippen LogP contribution in [-0.2, 0) is 44.6 Å². The number of amides is 3. The van der Waals surface area contributed by atoms with Crippen LogP contribution in [0.25, 0.3) is 0 Å². The summed E-state index contributed by atoms with van der Waals surface area (Å²) in [6, 6.07) is 5.51. The van der Waals surface area contributed by atoms with Gasteiger partial charge in [0.15, 0.2) is 16.5 Å². The first-order valence-corrected chi connectivity index (χ1v) is 19.0. The topological polar surface area (TPSA) is 179 Å². The third kappa shape index (κ3) is 14.8. The molecule has 1 heterocycles. The van der Waals surface area contributed by atoms with Gasteiger partial charge in [-0.15, -0.1) is 11.3 Å². The maximum absolute atomic E-state index is 14.1. The van der Waals surface area contributed by atoms with E-state index in [9.17, 15) is 28.8 Å². The molecule has 0 saturated heterocycles. The molecule has 16 heteroatoms. The number of unbranched alkanes of at least 4 members (excludes halogenated alkanes) is 2. The van der Waals surface area contributed by atoms with Crippen molar-refractivity contribution < 1.29 is 43.0 Å². The predicted molar refractivity (Wildman–Crippen MR) is 196 cm³/mol. The summed E-state index contributed by atoms with van der Waals surface area (Å²) in [6.07, 6.45) is 3.63. The number of carbonyl (C=O) groups excluding carboxylic acids is 6. The number of rotatable bonds is 22. The van der Waals surface area contributed by atoms with Gasteiger partial charge in [0, 0.05) is 37.7 Å². The second-order valence-corrected chi connectivity index (χ2v) is 14.6. The molecule has 13 nitrogen and oxygen atoms in total. The maximum atomic E-state index is 14.1. The molecule has 4 atom stereocenters. The number of halogens is 1. The van der Waals surface area contributed by atoms with Crippen LogP contribution in [-0.4, -0.2) is 101 Å². The number of Topliss-reactive ketones (excluding diaryl/α,β-unsaturated/α-hetero) is 1. The highest BCUT2D eigenvalue weighted by molar-refractivity contribution is 14.1. The molecule has 1 aromatic heterocycles. The van der Waals surface area contributed by atoms with Crippen LogP contribution in [0.1, 0.15) is 59.8 Å². The number of thiazole rings is 1. The highest BCUT2D eigenvalue weighted by atomic mass is 127. The lowest BCUT2D eigenvalue weighted by Gasteiger charge is -2.31. The number of alkyl halides is 1. The Morgan fingerprint density at radius 2 is 1.53 bits per heavy atom. The Kier molecular flexibility index (Phi) is 19.0.